The maximum Gasteiger partial charge on any atom is 0.296 e. The molecule has 0 unspecified atom stereocenters. The van der Waals surface area contributed by atoms with Crippen molar-refractivity contribution in [3.63, 3.8) is 0 Å². The fourth-order valence-corrected chi connectivity index (χ4v) is 5.99. The molecule has 3 heterocycles. The van der Waals surface area contributed by atoms with Crippen molar-refractivity contribution in [2.24, 2.45) is 0 Å². The van der Waals surface area contributed by atoms with Gasteiger partial charge in [-0.3, -0.25) is 19.6 Å². The molecule has 190 valence electrons. The Balaban J connectivity index is 1.33. The number of pyridine rings is 1. The summed E-state index contributed by atoms with van der Waals surface area (Å²) >= 11 is 1.00. The number of para-hydroxylation sites is 1. The highest BCUT2D eigenvalue weighted by Crippen LogP contribution is 2.33. The third kappa shape index (κ3) is 5.21. The molecule has 0 radical (unpaired) electrons. The molecule has 0 atom stereocenters. The average Bonchev–Trinajstić information content (AvgIpc) is 3.31. The quantitative estimate of drug-likeness (QED) is 0.237. The van der Waals surface area contributed by atoms with Gasteiger partial charge in [0.25, 0.3) is 21.6 Å². The van der Waals surface area contributed by atoms with Gasteiger partial charge in [-0.05, 0) is 42.5 Å². The van der Waals surface area contributed by atoms with Crippen LogP contribution in [0.25, 0.3) is 10.2 Å². The van der Waals surface area contributed by atoms with E-state index in [2.05, 4.69) is 25.3 Å². The van der Waals surface area contributed by atoms with Crippen molar-refractivity contribution >= 4 is 59.8 Å². The Morgan fingerprint density at radius 1 is 1.08 bits per heavy atom. The number of hydrogen-bond donors (Lipinski definition) is 3. The summed E-state index contributed by atoms with van der Waals surface area (Å²) in [5.74, 6) is 0.243. The molecular weight excluding hydrogens is 518 g/mol. The Labute approximate surface area is 215 Å². The van der Waals surface area contributed by atoms with Crippen LogP contribution < -0.4 is 15.4 Å². The first-order chi connectivity index (χ1) is 17.8. The number of aromatic nitrogens is 2. The molecule has 1 saturated heterocycles. The number of nitro benzene ring substituents is 1. The molecule has 2 aromatic heterocycles. The van der Waals surface area contributed by atoms with Crippen LogP contribution in [-0.2, 0) is 10.0 Å². The van der Waals surface area contributed by atoms with E-state index in [9.17, 15) is 23.3 Å². The number of carbonyl (C=O) groups is 1. The van der Waals surface area contributed by atoms with E-state index >= 15 is 0 Å². The van der Waals surface area contributed by atoms with E-state index in [1.807, 2.05) is 0 Å². The van der Waals surface area contributed by atoms with Crippen LogP contribution in [0.5, 0.6) is 0 Å². The van der Waals surface area contributed by atoms with E-state index in [1.54, 1.807) is 41.4 Å². The van der Waals surface area contributed by atoms with Gasteiger partial charge in [0.05, 0.1) is 20.1 Å². The summed E-state index contributed by atoms with van der Waals surface area (Å²) in [4.78, 5) is 33.8. The van der Waals surface area contributed by atoms with Gasteiger partial charge >= 0.3 is 0 Å². The van der Waals surface area contributed by atoms with Crippen LogP contribution in [0.2, 0.25) is 0 Å². The second-order valence-corrected chi connectivity index (χ2v) is 10.8. The van der Waals surface area contributed by atoms with Gasteiger partial charge in [-0.15, -0.1) is 0 Å². The lowest BCUT2D eigenvalue weighted by Gasteiger charge is -2.28. The standard InChI is InChI=1S/C23H21N7O5S2/c31-22(29-13-11-24-12-14-29)17-3-2-10-25-21(17)26-15-6-8-16(9-7-15)37(34,35)28-23-27-20-18(30(32)33)4-1-5-19(20)36-23/h1-10,24H,11-14H2,(H,25,26)(H,27,28). The van der Waals surface area contributed by atoms with Crippen molar-refractivity contribution in [3.05, 3.63) is 76.5 Å². The number of fused-ring (bicyclic) bond motifs is 1. The zero-order valence-electron chi connectivity index (χ0n) is 19.2. The smallest absolute Gasteiger partial charge is 0.296 e. The van der Waals surface area contributed by atoms with Crippen molar-refractivity contribution in [2.75, 3.05) is 36.2 Å². The topological polar surface area (TPSA) is 159 Å². The van der Waals surface area contributed by atoms with Gasteiger partial charge in [-0.25, -0.2) is 18.4 Å². The van der Waals surface area contributed by atoms with Crippen molar-refractivity contribution in [2.45, 2.75) is 4.90 Å². The first-order valence-corrected chi connectivity index (χ1v) is 13.5. The molecule has 0 saturated carbocycles. The van der Waals surface area contributed by atoms with Gasteiger partial charge in [0, 0.05) is 44.1 Å². The number of rotatable bonds is 7. The predicted octanol–water partition coefficient (Wildman–Crippen LogP) is 3.19. The van der Waals surface area contributed by atoms with Crippen LogP contribution in [-0.4, -0.2) is 60.3 Å². The summed E-state index contributed by atoms with van der Waals surface area (Å²) in [6, 6.07) is 13.8. The molecule has 5 rings (SSSR count). The van der Waals surface area contributed by atoms with Crippen molar-refractivity contribution in [1.82, 2.24) is 20.2 Å². The second kappa shape index (κ2) is 10.1. The first-order valence-electron chi connectivity index (χ1n) is 11.2. The number of anilines is 3. The number of hydrogen-bond acceptors (Lipinski definition) is 10. The highest BCUT2D eigenvalue weighted by molar-refractivity contribution is 7.93. The molecule has 0 aliphatic carbocycles. The van der Waals surface area contributed by atoms with E-state index in [0.29, 0.717) is 34.9 Å². The highest BCUT2D eigenvalue weighted by atomic mass is 32.2. The van der Waals surface area contributed by atoms with Crippen LogP contribution >= 0.6 is 11.3 Å². The largest absolute Gasteiger partial charge is 0.340 e. The average molecular weight is 540 g/mol. The number of sulfonamides is 1. The van der Waals surface area contributed by atoms with E-state index in [1.165, 1.54) is 24.3 Å². The maximum absolute atomic E-state index is 13.0. The van der Waals surface area contributed by atoms with Gasteiger partial charge < -0.3 is 15.5 Å². The molecule has 1 fully saturated rings. The molecule has 0 bridgehead atoms. The predicted molar refractivity (Wildman–Crippen MR) is 140 cm³/mol. The number of non-ortho nitro benzene ring substituents is 1. The molecule has 14 heteroatoms. The molecule has 1 aliphatic heterocycles. The summed E-state index contributed by atoms with van der Waals surface area (Å²) in [6.07, 6.45) is 1.57. The molecule has 12 nitrogen and oxygen atoms in total. The zero-order valence-corrected chi connectivity index (χ0v) is 20.9. The summed E-state index contributed by atoms with van der Waals surface area (Å²) in [6.45, 7) is 2.67. The van der Waals surface area contributed by atoms with Crippen LogP contribution in [0.3, 0.4) is 0 Å². The zero-order chi connectivity index (χ0) is 26.0. The molecule has 1 amide bonds. The Morgan fingerprint density at radius 2 is 1.84 bits per heavy atom. The second-order valence-electron chi connectivity index (χ2n) is 8.10. The summed E-state index contributed by atoms with van der Waals surface area (Å²) < 4.78 is 28.7. The molecule has 37 heavy (non-hydrogen) atoms. The lowest BCUT2D eigenvalue weighted by molar-refractivity contribution is -0.383. The number of carbonyl (C=O) groups excluding carboxylic acids is 1. The lowest BCUT2D eigenvalue weighted by Crippen LogP contribution is -2.46. The van der Waals surface area contributed by atoms with Gasteiger partial charge in [-0.1, -0.05) is 17.4 Å². The molecule has 4 aromatic rings. The number of piperazine rings is 1. The van der Waals surface area contributed by atoms with Crippen LogP contribution in [0, 0.1) is 10.1 Å². The molecule has 1 aliphatic rings. The summed E-state index contributed by atoms with van der Waals surface area (Å²) in [5.41, 5.74) is 0.894. The van der Waals surface area contributed by atoms with Crippen LogP contribution in [0.1, 0.15) is 10.4 Å². The molecule has 2 aromatic carbocycles. The molecule has 0 spiro atoms. The fraction of sp³-hybridized carbons (Fsp3) is 0.174. The Kier molecular flexibility index (Phi) is 6.69. The minimum Gasteiger partial charge on any atom is -0.340 e. The fourth-order valence-electron chi connectivity index (χ4n) is 3.87. The lowest BCUT2D eigenvalue weighted by atomic mass is 10.2. The Bertz CT molecular complexity index is 1580. The third-order valence-electron chi connectivity index (χ3n) is 5.69. The SMILES string of the molecule is O=C(c1cccnc1Nc1ccc(S(=O)(=O)Nc2nc3c([N+](=O)[O-])cccc3s2)cc1)N1CCNCC1. The van der Waals surface area contributed by atoms with Gasteiger partial charge in [0.15, 0.2) is 10.6 Å². The van der Waals surface area contributed by atoms with Crippen LogP contribution in [0.15, 0.2) is 65.7 Å². The monoisotopic (exact) mass is 539 g/mol. The number of nitrogens with zero attached hydrogens (tertiary/aromatic N) is 4. The van der Waals surface area contributed by atoms with Gasteiger partial charge in [0.1, 0.15) is 5.82 Å². The normalized spacial score (nSPS) is 13.9. The van der Waals surface area contributed by atoms with E-state index in [-0.39, 0.29) is 27.1 Å². The van der Waals surface area contributed by atoms with Crippen LogP contribution in [0.4, 0.5) is 22.3 Å². The Hall–Kier alpha value is -4.14. The minimum absolute atomic E-state index is 0.0232. The first kappa shape index (κ1) is 24.5. The number of nitrogens with one attached hydrogen (secondary N) is 3. The molecular formula is C23H21N7O5S2. The van der Waals surface area contributed by atoms with Crippen molar-refractivity contribution in [3.8, 4) is 0 Å². The van der Waals surface area contributed by atoms with Crippen molar-refractivity contribution in [1.29, 1.82) is 0 Å². The van der Waals surface area contributed by atoms with E-state index < -0.39 is 14.9 Å². The summed E-state index contributed by atoms with van der Waals surface area (Å²) in [5, 5.41) is 17.6. The number of thiazole rings is 1. The van der Waals surface area contributed by atoms with Gasteiger partial charge in [0.2, 0.25) is 0 Å². The minimum atomic E-state index is -4.00. The maximum atomic E-state index is 13.0. The van der Waals surface area contributed by atoms with E-state index in [0.717, 1.165) is 24.4 Å². The number of benzene rings is 2. The van der Waals surface area contributed by atoms with Gasteiger partial charge in [-0.2, -0.15) is 0 Å². The van der Waals surface area contributed by atoms with Crippen molar-refractivity contribution < 1.29 is 18.1 Å². The number of amides is 1. The molecule has 3 N–H and O–H groups in total. The third-order valence-corrected chi connectivity index (χ3v) is 8.11. The van der Waals surface area contributed by atoms with E-state index in [4.69, 9.17) is 0 Å². The summed E-state index contributed by atoms with van der Waals surface area (Å²) in [7, 11) is -4.00. The Morgan fingerprint density at radius 3 is 2.57 bits per heavy atom. The highest BCUT2D eigenvalue weighted by Gasteiger charge is 2.22. The number of nitro groups is 1.